The van der Waals surface area contributed by atoms with Crippen molar-refractivity contribution in [1.82, 2.24) is 5.32 Å². The summed E-state index contributed by atoms with van der Waals surface area (Å²) in [4.78, 5) is 53.1. The second kappa shape index (κ2) is 14.1. The molecule has 1 heterocycles. The standard InChI is InChI=1S/C33H40N2O12.ClH/c1-13(2)8-17(34)32(43)35-18-9-22(46-14(3)27(18)38)47-20-11-33(44,21(37)12-36)10-16-24(20)31(42)26-25(29(16)40)28(39)15-6-5-7-19(45-4)23(15)30(26)41;/h5-7,13-14,17-18,20,22,27,36,38,40,42,44H,8-12,34H2,1-4H3,(H,35,43);1H/t14-,17-,18-,20-,22-,27+,33-;/m0./s1. The molecule has 0 radical (unpaired) electrons. The van der Waals surface area contributed by atoms with E-state index in [9.17, 15) is 44.7 Å². The predicted octanol–water partition coefficient (Wildman–Crippen LogP) is 0.954. The molecule has 262 valence electrons. The molecule has 14 nitrogen and oxygen atoms in total. The number of amides is 1. The van der Waals surface area contributed by atoms with Crippen LogP contribution in [0.15, 0.2) is 18.2 Å². The van der Waals surface area contributed by atoms with Crippen molar-refractivity contribution in [3.63, 3.8) is 0 Å². The van der Waals surface area contributed by atoms with Crippen LogP contribution in [0.1, 0.15) is 89.1 Å². The molecule has 0 unspecified atom stereocenters. The van der Waals surface area contributed by atoms with Gasteiger partial charge in [-0.2, -0.15) is 0 Å². The summed E-state index contributed by atoms with van der Waals surface area (Å²) in [5.41, 5.74) is 2.10. The van der Waals surface area contributed by atoms with Crippen LogP contribution in [-0.4, -0.2) is 98.7 Å². The molecule has 0 bridgehead atoms. The number of aliphatic hydroxyl groups excluding tert-OH is 2. The molecule has 2 aromatic rings. The summed E-state index contributed by atoms with van der Waals surface area (Å²) >= 11 is 0. The summed E-state index contributed by atoms with van der Waals surface area (Å²) < 4.78 is 17.4. The SMILES string of the molecule is COc1cccc2c1C(=O)c1c(O)c3c(c(O)c1C2=O)C[C@@](O)(C(=O)CO)C[C@@H]3O[C@H]1C[C@H](NC(=O)[C@@H](N)CC(C)C)[C@H](O)[C@H](C)O1.Cl. The summed E-state index contributed by atoms with van der Waals surface area (Å²) in [5.74, 6) is -4.34. The topological polar surface area (TPSA) is 235 Å². The van der Waals surface area contributed by atoms with E-state index >= 15 is 0 Å². The fourth-order valence-electron chi connectivity index (χ4n) is 6.76. The molecule has 1 fully saturated rings. The van der Waals surface area contributed by atoms with E-state index in [2.05, 4.69) is 5.32 Å². The number of halogens is 1. The molecule has 7 atom stereocenters. The molecule has 8 N–H and O–H groups in total. The maximum Gasteiger partial charge on any atom is 0.237 e. The average molecular weight is 693 g/mol. The van der Waals surface area contributed by atoms with E-state index in [1.165, 1.54) is 25.3 Å². The Morgan fingerprint density at radius 2 is 1.79 bits per heavy atom. The molecule has 15 heteroatoms. The first-order valence-corrected chi connectivity index (χ1v) is 15.4. The van der Waals surface area contributed by atoms with E-state index < -0.39 is 108 Å². The summed E-state index contributed by atoms with van der Waals surface area (Å²) in [7, 11) is 1.31. The van der Waals surface area contributed by atoms with Gasteiger partial charge in [0.05, 0.1) is 48.1 Å². The second-order valence-electron chi connectivity index (χ2n) is 12.8. The fraction of sp³-hybridized carbons (Fsp3) is 0.515. The lowest BCUT2D eigenvalue weighted by atomic mass is 9.72. The van der Waals surface area contributed by atoms with Crippen LogP contribution in [0.3, 0.4) is 0 Å². The van der Waals surface area contributed by atoms with Gasteiger partial charge in [-0.3, -0.25) is 19.2 Å². The van der Waals surface area contributed by atoms with Crippen molar-refractivity contribution in [3.8, 4) is 17.2 Å². The molecule has 0 saturated carbocycles. The van der Waals surface area contributed by atoms with Crippen LogP contribution in [0.2, 0.25) is 0 Å². The molecular formula is C33H41ClN2O12. The highest BCUT2D eigenvalue weighted by Crippen LogP contribution is 2.52. The van der Waals surface area contributed by atoms with Gasteiger partial charge in [0.25, 0.3) is 0 Å². The summed E-state index contributed by atoms with van der Waals surface area (Å²) in [5, 5.41) is 57.8. The smallest absolute Gasteiger partial charge is 0.237 e. The number of hydrogen-bond donors (Lipinski definition) is 7. The van der Waals surface area contributed by atoms with Gasteiger partial charge in [0.15, 0.2) is 17.9 Å². The maximum absolute atomic E-state index is 13.8. The third-order valence-corrected chi connectivity index (χ3v) is 9.15. The Hall–Kier alpha value is -3.63. The van der Waals surface area contributed by atoms with E-state index in [1.54, 1.807) is 6.92 Å². The number of carbonyl (C=O) groups is 4. The minimum atomic E-state index is -2.32. The van der Waals surface area contributed by atoms with E-state index in [0.29, 0.717) is 6.42 Å². The van der Waals surface area contributed by atoms with E-state index in [1.807, 2.05) is 13.8 Å². The number of hydrogen-bond acceptors (Lipinski definition) is 13. The molecule has 0 aromatic heterocycles. The zero-order valence-electron chi connectivity index (χ0n) is 26.9. The van der Waals surface area contributed by atoms with Crippen molar-refractivity contribution >= 4 is 35.7 Å². The van der Waals surface area contributed by atoms with Crippen molar-refractivity contribution in [1.29, 1.82) is 0 Å². The molecule has 1 saturated heterocycles. The van der Waals surface area contributed by atoms with Gasteiger partial charge in [0.1, 0.15) is 35.6 Å². The zero-order valence-corrected chi connectivity index (χ0v) is 27.7. The average Bonchev–Trinajstić information content (AvgIpc) is 3.02. The highest BCUT2D eigenvalue weighted by molar-refractivity contribution is 6.31. The van der Waals surface area contributed by atoms with Gasteiger partial charge >= 0.3 is 0 Å². The fourth-order valence-corrected chi connectivity index (χ4v) is 6.76. The lowest BCUT2D eigenvalue weighted by Crippen LogP contribution is -2.58. The minimum absolute atomic E-state index is 0. The number of Topliss-reactive ketones (excluding diaryl/α,β-unsaturated/α-hetero) is 1. The van der Waals surface area contributed by atoms with Gasteiger partial charge in [-0.1, -0.05) is 26.0 Å². The summed E-state index contributed by atoms with van der Waals surface area (Å²) in [6.07, 6.45) is -5.56. The number of benzene rings is 2. The first kappa shape index (κ1) is 37.2. The highest BCUT2D eigenvalue weighted by atomic mass is 35.5. The first-order chi connectivity index (χ1) is 22.1. The Bertz CT molecular complexity index is 1630. The second-order valence-corrected chi connectivity index (χ2v) is 12.8. The van der Waals surface area contributed by atoms with E-state index in [0.717, 1.165) is 0 Å². The van der Waals surface area contributed by atoms with Gasteiger partial charge in [-0.15, -0.1) is 12.4 Å². The number of methoxy groups -OCH3 is 1. The monoisotopic (exact) mass is 692 g/mol. The van der Waals surface area contributed by atoms with Gasteiger partial charge in [-0.05, 0) is 25.3 Å². The van der Waals surface area contributed by atoms with Gasteiger partial charge in [0, 0.05) is 36.0 Å². The number of aliphatic hydroxyl groups is 3. The molecule has 48 heavy (non-hydrogen) atoms. The van der Waals surface area contributed by atoms with Crippen LogP contribution < -0.4 is 15.8 Å². The maximum atomic E-state index is 13.8. The molecule has 1 amide bonds. The number of aromatic hydroxyl groups is 2. The summed E-state index contributed by atoms with van der Waals surface area (Å²) in [6.45, 7) is 4.31. The van der Waals surface area contributed by atoms with Gasteiger partial charge in [0.2, 0.25) is 11.7 Å². The molecular weight excluding hydrogens is 652 g/mol. The minimum Gasteiger partial charge on any atom is -0.507 e. The number of rotatable bonds is 9. The number of fused-ring (bicyclic) bond motifs is 3. The third-order valence-electron chi connectivity index (χ3n) is 9.15. The third kappa shape index (κ3) is 6.41. The van der Waals surface area contributed by atoms with Crippen molar-refractivity contribution in [2.75, 3.05) is 13.7 Å². The molecule has 0 spiro atoms. The normalized spacial score (nSPS) is 26.9. The quantitative estimate of drug-likeness (QED) is 0.155. The predicted molar refractivity (Wildman–Crippen MR) is 170 cm³/mol. The lowest BCUT2D eigenvalue weighted by molar-refractivity contribution is -0.249. The Balaban J connectivity index is 0.00000520. The Morgan fingerprint density at radius 3 is 2.42 bits per heavy atom. The number of ketones is 3. The van der Waals surface area contributed by atoms with Crippen molar-refractivity contribution in [2.45, 2.75) is 88.7 Å². The lowest BCUT2D eigenvalue weighted by Gasteiger charge is -2.43. The van der Waals surface area contributed by atoms with Crippen molar-refractivity contribution in [3.05, 3.63) is 51.6 Å². The number of carbonyl (C=O) groups excluding carboxylic acids is 4. The molecule has 2 aliphatic carbocycles. The Morgan fingerprint density at radius 1 is 1.12 bits per heavy atom. The number of phenols is 2. The Labute approximate surface area is 282 Å². The molecule has 2 aromatic carbocycles. The van der Waals surface area contributed by atoms with Crippen LogP contribution in [0.4, 0.5) is 0 Å². The van der Waals surface area contributed by atoms with Crippen LogP contribution in [-0.2, 0) is 25.5 Å². The number of nitrogens with one attached hydrogen (secondary N) is 1. The van der Waals surface area contributed by atoms with Crippen LogP contribution >= 0.6 is 12.4 Å². The number of ether oxygens (including phenoxy) is 3. The summed E-state index contributed by atoms with van der Waals surface area (Å²) in [6, 6.07) is 2.61. The first-order valence-electron chi connectivity index (χ1n) is 15.4. The van der Waals surface area contributed by atoms with E-state index in [-0.39, 0.29) is 52.7 Å². The number of phenolic OH excluding ortho intramolecular Hbond substituents is 2. The van der Waals surface area contributed by atoms with Gasteiger partial charge < -0.3 is 50.8 Å². The highest BCUT2D eigenvalue weighted by Gasteiger charge is 2.50. The van der Waals surface area contributed by atoms with E-state index in [4.69, 9.17) is 19.9 Å². The van der Waals surface area contributed by atoms with Crippen LogP contribution in [0.25, 0.3) is 0 Å². The van der Waals surface area contributed by atoms with Crippen molar-refractivity contribution in [2.24, 2.45) is 11.7 Å². The van der Waals surface area contributed by atoms with Crippen molar-refractivity contribution < 1.29 is 58.9 Å². The molecule has 3 aliphatic rings. The number of nitrogens with two attached hydrogens (primary N) is 1. The zero-order chi connectivity index (χ0) is 34.5. The largest absolute Gasteiger partial charge is 0.507 e. The van der Waals surface area contributed by atoms with Crippen LogP contribution in [0.5, 0.6) is 17.2 Å². The Kier molecular flexibility index (Phi) is 10.9. The molecule has 5 rings (SSSR count). The molecule has 1 aliphatic heterocycles. The van der Waals surface area contributed by atoms with Crippen LogP contribution in [0, 0.1) is 5.92 Å². The van der Waals surface area contributed by atoms with Gasteiger partial charge in [-0.25, -0.2) is 0 Å².